The zero-order chi connectivity index (χ0) is 12.3. The van der Waals surface area contributed by atoms with Crippen molar-refractivity contribution < 1.29 is 4.42 Å². The van der Waals surface area contributed by atoms with Gasteiger partial charge in [-0.15, -0.1) is 0 Å². The summed E-state index contributed by atoms with van der Waals surface area (Å²) in [7, 11) is 3.71. The van der Waals surface area contributed by atoms with Gasteiger partial charge in [0.05, 0.1) is 12.0 Å². The van der Waals surface area contributed by atoms with Gasteiger partial charge >= 0.3 is 0 Å². The molecule has 0 unspecified atom stereocenters. The minimum absolute atomic E-state index is 0.200. The molecule has 0 atom stereocenters. The van der Waals surface area contributed by atoms with Gasteiger partial charge in [-0.2, -0.15) is 15.0 Å². The van der Waals surface area contributed by atoms with E-state index in [-0.39, 0.29) is 5.28 Å². The first-order valence-corrected chi connectivity index (χ1v) is 6.25. The average Bonchev–Trinajstić information content (AvgIpc) is 2.78. The summed E-state index contributed by atoms with van der Waals surface area (Å²) in [6.45, 7) is 0. The number of hydrogen-bond donors (Lipinski definition) is 0. The smallest absolute Gasteiger partial charge is 0.230 e. The zero-order valence-corrected chi connectivity index (χ0v) is 11.0. The summed E-state index contributed by atoms with van der Waals surface area (Å²) in [5.74, 6) is 2.09. The van der Waals surface area contributed by atoms with Crippen molar-refractivity contribution in [3.8, 4) is 0 Å². The SMILES string of the molecule is CN(C)c1nc(Cl)nc(SCc2ccco2)n1. The highest BCUT2D eigenvalue weighted by Crippen LogP contribution is 2.21. The van der Waals surface area contributed by atoms with Crippen LogP contribution in [0, 0.1) is 0 Å². The zero-order valence-electron chi connectivity index (χ0n) is 9.42. The molecule has 0 aliphatic heterocycles. The molecule has 0 radical (unpaired) electrons. The van der Waals surface area contributed by atoms with E-state index in [4.69, 9.17) is 16.0 Å². The number of furan rings is 1. The second-order valence-electron chi connectivity index (χ2n) is 3.45. The molecule has 5 nitrogen and oxygen atoms in total. The molecule has 2 rings (SSSR count). The van der Waals surface area contributed by atoms with Gasteiger partial charge in [-0.25, -0.2) is 0 Å². The molecule has 0 spiro atoms. The van der Waals surface area contributed by atoms with Crippen LogP contribution in [0.1, 0.15) is 5.76 Å². The lowest BCUT2D eigenvalue weighted by Gasteiger charge is -2.10. The molecule has 90 valence electrons. The fourth-order valence-electron chi connectivity index (χ4n) is 1.12. The van der Waals surface area contributed by atoms with Crippen LogP contribution in [0.3, 0.4) is 0 Å². The molecule has 0 saturated carbocycles. The number of aromatic nitrogens is 3. The highest BCUT2D eigenvalue weighted by molar-refractivity contribution is 7.98. The molecule has 0 fully saturated rings. The van der Waals surface area contributed by atoms with E-state index < -0.39 is 0 Å². The summed E-state index contributed by atoms with van der Waals surface area (Å²) < 4.78 is 5.23. The highest BCUT2D eigenvalue weighted by atomic mass is 35.5. The monoisotopic (exact) mass is 270 g/mol. The van der Waals surface area contributed by atoms with Crippen LogP contribution in [0.4, 0.5) is 5.95 Å². The van der Waals surface area contributed by atoms with E-state index in [1.54, 1.807) is 11.2 Å². The Morgan fingerprint density at radius 2 is 2.18 bits per heavy atom. The number of anilines is 1. The maximum atomic E-state index is 5.83. The van der Waals surface area contributed by atoms with Crippen LogP contribution in [0.2, 0.25) is 5.28 Å². The van der Waals surface area contributed by atoms with E-state index in [1.165, 1.54) is 11.8 Å². The van der Waals surface area contributed by atoms with Crippen molar-refractivity contribution in [1.29, 1.82) is 0 Å². The van der Waals surface area contributed by atoms with Crippen molar-refractivity contribution in [2.24, 2.45) is 0 Å². The van der Waals surface area contributed by atoms with Gasteiger partial charge in [0.25, 0.3) is 0 Å². The Labute approximate surface area is 108 Å². The molecule has 0 N–H and O–H groups in total. The maximum absolute atomic E-state index is 5.83. The molecular weight excluding hydrogens is 260 g/mol. The Balaban J connectivity index is 2.10. The van der Waals surface area contributed by atoms with Crippen molar-refractivity contribution in [1.82, 2.24) is 15.0 Å². The molecule has 0 aliphatic carbocycles. The Kier molecular flexibility index (Phi) is 3.86. The molecular formula is C10H11ClN4OS. The van der Waals surface area contributed by atoms with E-state index in [0.717, 1.165) is 5.76 Å². The molecule has 0 aliphatic rings. The van der Waals surface area contributed by atoms with E-state index in [1.807, 2.05) is 26.2 Å². The van der Waals surface area contributed by atoms with Crippen LogP contribution in [0.5, 0.6) is 0 Å². The Morgan fingerprint density at radius 1 is 1.35 bits per heavy atom. The second-order valence-corrected chi connectivity index (χ2v) is 4.73. The maximum Gasteiger partial charge on any atom is 0.230 e. The number of hydrogen-bond acceptors (Lipinski definition) is 6. The summed E-state index contributed by atoms with van der Waals surface area (Å²) in [4.78, 5) is 14.1. The molecule has 0 bridgehead atoms. The molecule has 17 heavy (non-hydrogen) atoms. The fraction of sp³-hybridized carbons (Fsp3) is 0.300. The van der Waals surface area contributed by atoms with Crippen LogP contribution in [0.25, 0.3) is 0 Å². The fourth-order valence-corrected chi connectivity index (χ4v) is 2.06. The van der Waals surface area contributed by atoms with Crippen LogP contribution in [-0.4, -0.2) is 29.0 Å². The second kappa shape index (κ2) is 5.37. The third-order valence-corrected chi connectivity index (χ3v) is 2.94. The summed E-state index contributed by atoms with van der Waals surface area (Å²) in [5.41, 5.74) is 0. The summed E-state index contributed by atoms with van der Waals surface area (Å²) >= 11 is 7.29. The van der Waals surface area contributed by atoms with E-state index >= 15 is 0 Å². The number of rotatable bonds is 4. The van der Waals surface area contributed by atoms with Crippen molar-refractivity contribution in [3.63, 3.8) is 0 Å². The summed E-state index contributed by atoms with van der Waals surface area (Å²) in [6.07, 6.45) is 1.64. The molecule has 0 saturated heterocycles. The van der Waals surface area contributed by atoms with Crippen molar-refractivity contribution in [2.75, 3.05) is 19.0 Å². The Bertz CT molecular complexity index is 489. The van der Waals surface area contributed by atoms with Gasteiger partial charge in [0.15, 0.2) is 5.16 Å². The third-order valence-electron chi connectivity index (χ3n) is 1.90. The first-order chi connectivity index (χ1) is 8.15. The number of thioether (sulfide) groups is 1. The summed E-state index contributed by atoms with van der Waals surface area (Å²) in [6, 6.07) is 3.75. The highest BCUT2D eigenvalue weighted by Gasteiger charge is 2.08. The quantitative estimate of drug-likeness (QED) is 0.796. The predicted molar refractivity (Wildman–Crippen MR) is 67.4 cm³/mol. The molecule has 7 heteroatoms. The number of halogens is 1. The lowest BCUT2D eigenvalue weighted by atomic mass is 10.5. The first-order valence-electron chi connectivity index (χ1n) is 4.89. The van der Waals surface area contributed by atoms with Crippen LogP contribution in [0.15, 0.2) is 28.0 Å². The van der Waals surface area contributed by atoms with Crippen molar-refractivity contribution >= 4 is 29.3 Å². The van der Waals surface area contributed by atoms with Gasteiger partial charge in [0.2, 0.25) is 11.2 Å². The van der Waals surface area contributed by atoms with Gasteiger partial charge in [-0.1, -0.05) is 11.8 Å². The molecule has 2 heterocycles. The third kappa shape index (κ3) is 3.34. The van der Waals surface area contributed by atoms with Gasteiger partial charge in [-0.05, 0) is 23.7 Å². The van der Waals surface area contributed by atoms with Crippen LogP contribution < -0.4 is 4.90 Å². The van der Waals surface area contributed by atoms with E-state index in [0.29, 0.717) is 16.9 Å². The molecule has 0 amide bonds. The minimum atomic E-state index is 0.200. The van der Waals surface area contributed by atoms with Gasteiger partial charge in [0, 0.05) is 14.1 Å². The average molecular weight is 271 g/mol. The lowest BCUT2D eigenvalue weighted by Crippen LogP contribution is -2.13. The number of nitrogens with zero attached hydrogens (tertiary/aromatic N) is 4. The standard InChI is InChI=1S/C10H11ClN4OS/c1-15(2)9-12-8(11)13-10(14-9)17-6-7-4-3-5-16-7/h3-5H,6H2,1-2H3. The predicted octanol–water partition coefficient (Wildman–Crippen LogP) is 2.48. The van der Waals surface area contributed by atoms with Gasteiger partial charge < -0.3 is 9.32 Å². The minimum Gasteiger partial charge on any atom is -0.468 e. The molecule has 2 aromatic rings. The first kappa shape index (κ1) is 12.2. The topological polar surface area (TPSA) is 55.1 Å². The largest absolute Gasteiger partial charge is 0.468 e. The van der Waals surface area contributed by atoms with Crippen molar-refractivity contribution in [3.05, 3.63) is 29.4 Å². The molecule has 2 aromatic heterocycles. The molecule has 0 aromatic carbocycles. The van der Waals surface area contributed by atoms with Crippen molar-refractivity contribution in [2.45, 2.75) is 10.9 Å². The van der Waals surface area contributed by atoms with E-state index in [2.05, 4.69) is 15.0 Å². The lowest BCUT2D eigenvalue weighted by molar-refractivity contribution is 0.530. The van der Waals surface area contributed by atoms with Gasteiger partial charge in [-0.3, -0.25) is 0 Å². The van der Waals surface area contributed by atoms with E-state index in [9.17, 15) is 0 Å². The Hall–Kier alpha value is -1.27. The van der Waals surface area contributed by atoms with Crippen LogP contribution in [-0.2, 0) is 5.75 Å². The van der Waals surface area contributed by atoms with Crippen LogP contribution >= 0.6 is 23.4 Å². The van der Waals surface area contributed by atoms with Gasteiger partial charge in [0.1, 0.15) is 5.76 Å². The normalized spacial score (nSPS) is 10.5. The summed E-state index contributed by atoms with van der Waals surface area (Å²) in [5, 5.41) is 0.788. The Morgan fingerprint density at radius 3 is 2.82 bits per heavy atom.